The molecule has 0 unspecified atom stereocenters. The second-order valence-electron chi connectivity index (χ2n) is 5.47. The molecule has 2 heterocycles. The summed E-state index contributed by atoms with van der Waals surface area (Å²) in [7, 11) is 0. The smallest absolute Gasteiger partial charge is 0.390 e. The number of imidazole rings is 1. The van der Waals surface area contributed by atoms with E-state index in [1.165, 1.54) is 10.8 Å². The van der Waals surface area contributed by atoms with Gasteiger partial charge in [-0.25, -0.2) is 8.96 Å². The predicted molar refractivity (Wildman–Crippen MR) is 90.8 cm³/mol. The molecule has 0 aliphatic rings. The normalized spacial score (nSPS) is 11.1. The van der Waals surface area contributed by atoms with Crippen molar-refractivity contribution < 1.29 is 23.5 Å². The van der Waals surface area contributed by atoms with Gasteiger partial charge in [-0.3, -0.25) is 4.68 Å². The number of hydrogen-bond donors (Lipinski definition) is 0. The van der Waals surface area contributed by atoms with Crippen molar-refractivity contribution in [2.45, 2.75) is 26.1 Å². The average molecular weight is 385 g/mol. The van der Waals surface area contributed by atoms with Crippen LogP contribution in [0.15, 0.2) is 18.6 Å². The van der Waals surface area contributed by atoms with Crippen molar-refractivity contribution >= 4 is 5.95 Å². The molecular weight excluding hydrogens is 362 g/mol. The molecule has 0 saturated heterocycles. The fraction of sp³-hybridized carbons (Fsp3) is 0.667. The molecule has 27 heavy (non-hydrogen) atoms. The van der Waals surface area contributed by atoms with Crippen LogP contribution < -0.4 is 0 Å². The molecule has 0 aromatic carbocycles. The van der Waals surface area contributed by atoms with Crippen molar-refractivity contribution in [1.82, 2.24) is 24.5 Å². The van der Waals surface area contributed by atoms with E-state index < -0.39 is 11.6 Å². The number of nitrogens with zero attached hydrogens (tertiary/aromatic N) is 6. The van der Waals surface area contributed by atoms with Crippen LogP contribution in [0.1, 0.15) is 12.1 Å². The monoisotopic (exact) mass is 385 g/mol. The molecule has 11 nitrogen and oxygen atoms in total. The Labute approximate surface area is 155 Å². The molecule has 0 saturated carbocycles. The number of ether oxygens (including phenoxy) is 3. The third kappa shape index (κ3) is 7.76. The Hall–Kier alpha value is -2.44. The van der Waals surface area contributed by atoms with Crippen LogP contribution in [-0.2, 0) is 33.9 Å². The molecule has 0 bridgehead atoms. The van der Waals surface area contributed by atoms with Gasteiger partial charge in [0, 0.05) is 13.2 Å². The molecule has 2 aromatic heterocycles. The Kier molecular flexibility index (Phi) is 9.30. The lowest BCUT2D eigenvalue weighted by Gasteiger charge is -2.04. The van der Waals surface area contributed by atoms with Crippen molar-refractivity contribution in [2.75, 3.05) is 39.7 Å². The second-order valence-corrected chi connectivity index (χ2v) is 5.47. The average Bonchev–Trinajstić information content (AvgIpc) is 3.30. The molecule has 0 N–H and O–H groups in total. The summed E-state index contributed by atoms with van der Waals surface area (Å²) in [6.07, 6.45) is 5.46. The first-order valence-corrected chi connectivity index (χ1v) is 8.54. The summed E-state index contributed by atoms with van der Waals surface area (Å²) in [5.41, 5.74) is 0.703. The highest BCUT2D eigenvalue weighted by Crippen LogP contribution is 2.06. The Balaban J connectivity index is 1.52. The first-order chi connectivity index (χ1) is 13.2. The first-order valence-electron chi connectivity index (χ1n) is 8.54. The molecule has 12 heteroatoms. The van der Waals surface area contributed by atoms with E-state index in [0.29, 0.717) is 51.8 Å². The molecule has 0 spiro atoms. The van der Waals surface area contributed by atoms with Gasteiger partial charge in [-0.15, -0.1) is 5.10 Å². The number of hydrogen-bond acceptors (Lipinski definition) is 8. The van der Waals surface area contributed by atoms with Gasteiger partial charge < -0.3 is 24.3 Å². The van der Waals surface area contributed by atoms with Crippen molar-refractivity contribution in [2.24, 2.45) is 0 Å². The summed E-state index contributed by atoms with van der Waals surface area (Å²) in [6.45, 7) is 2.49. The van der Waals surface area contributed by atoms with Gasteiger partial charge in [0.25, 0.3) is 0 Å². The lowest BCUT2D eigenvalue weighted by atomic mass is 10.4. The van der Waals surface area contributed by atoms with Crippen LogP contribution in [0.25, 0.3) is 0 Å². The Morgan fingerprint density at radius 2 is 1.93 bits per heavy atom. The van der Waals surface area contributed by atoms with Gasteiger partial charge in [0.1, 0.15) is 24.8 Å². The zero-order valence-electron chi connectivity index (χ0n) is 14.9. The SMILES string of the molecule is O=[N+]([O-])c1nccn1CCOCCCn1cc(COCCOCC[18F])nn1. The van der Waals surface area contributed by atoms with Crippen LogP contribution in [0.3, 0.4) is 0 Å². The molecule has 0 amide bonds. The highest BCUT2D eigenvalue weighted by Gasteiger charge is 2.13. The van der Waals surface area contributed by atoms with Crippen LogP contribution in [0.2, 0.25) is 0 Å². The van der Waals surface area contributed by atoms with Crippen LogP contribution in [0.5, 0.6) is 0 Å². The lowest BCUT2D eigenvalue weighted by Crippen LogP contribution is -2.10. The predicted octanol–water partition coefficient (Wildman–Crippen LogP) is 0.992. The zero-order chi connectivity index (χ0) is 19.3. The van der Waals surface area contributed by atoms with Gasteiger partial charge in [0.2, 0.25) is 0 Å². The largest absolute Gasteiger partial charge is 0.434 e. The van der Waals surface area contributed by atoms with E-state index in [2.05, 4.69) is 15.3 Å². The van der Waals surface area contributed by atoms with Crippen LogP contribution in [0.4, 0.5) is 10.3 Å². The first kappa shape index (κ1) is 20.9. The molecule has 0 aliphatic carbocycles. The summed E-state index contributed by atoms with van der Waals surface area (Å²) in [5, 5.41) is 18.7. The van der Waals surface area contributed by atoms with Crippen LogP contribution in [-0.4, -0.2) is 69.2 Å². The molecular formula is C15H23FN6O5. The third-order valence-corrected chi connectivity index (χ3v) is 3.44. The van der Waals surface area contributed by atoms with Gasteiger partial charge in [-0.05, 0) is 11.3 Å². The molecule has 2 rings (SSSR count). The van der Waals surface area contributed by atoms with Crippen molar-refractivity contribution in [3.63, 3.8) is 0 Å². The van der Waals surface area contributed by atoms with Crippen molar-refractivity contribution in [3.05, 3.63) is 34.4 Å². The van der Waals surface area contributed by atoms with Gasteiger partial charge in [-0.1, -0.05) is 10.2 Å². The minimum atomic E-state index is -0.525. The Morgan fingerprint density at radius 1 is 1.11 bits per heavy atom. The Bertz CT molecular complexity index is 679. The van der Waals surface area contributed by atoms with Gasteiger partial charge in [0.05, 0.1) is 45.8 Å². The van der Waals surface area contributed by atoms with Crippen molar-refractivity contribution in [1.29, 1.82) is 0 Å². The summed E-state index contributed by atoms with van der Waals surface area (Å²) < 4.78 is 30.8. The molecule has 2 aromatic rings. The standard InChI is InChI=1S/C15H23FN6O5/c16-2-8-26-10-11-27-13-14-12-21(19-18-14)4-1-7-25-9-6-20-5-3-17-15(20)22(23)24/h3,5,12H,1-2,4,6-11,13H2/i16-1. The fourth-order valence-corrected chi connectivity index (χ4v) is 2.21. The van der Waals surface area contributed by atoms with E-state index in [0.717, 1.165) is 6.42 Å². The summed E-state index contributed by atoms with van der Waals surface area (Å²) in [5.74, 6) is -0.190. The molecule has 0 atom stereocenters. The quantitative estimate of drug-likeness (QED) is 0.253. The summed E-state index contributed by atoms with van der Waals surface area (Å²) >= 11 is 0. The Morgan fingerprint density at radius 3 is 2.74 bits per heavy atom. The van der Waals surface area contributed by atoms with Gasteiger partial charge >= 0.3 is 5.95 Å². The number of halogens is 1. The molecule has 0 fully saturated rings. The van der Waals surface area contributed by atoms with E-state index in [1.807, 2.05) is 0 Å². The minimum absolute atomic E-state index is 0.0842. The van der Waals surface area contributed by atoms with E-state index >= 15 is 0 Å². The third-order valence-electron chi connectivity index (χ3n) is 3.44. The van der Waals surface area contributed by atoms with E-state index in [4.69, 9.17) is 14.2 Å². The maximum Gasteiger partial charge on any atom is 0.434 e. The molecule has 0 radical (unpaired) electrons. The number of nitro groups is 1. The number of aromatic nitrogens is 5. The molecule has 0 aliphatic heterocycles. The van der Waals surface area contributed by atoms with E-state index in [1.54, 1.807) is 17.1 Å². The fourth-order valence-electron chi connectivity index (χ4n) is 2.21. The molecule has 150 valence electrons. The highest BCUT2D eigenvalue weighted by molar-refractivity contribution is 5.06. The number of rotatable bonds is 15. The zero-order valence-corrected chi connectivity index (χ0v) is 14.9. The maximum atomic E-state index is 11.8. The lowest BCUT2D eigenvalue weighted by molar-refractivity contribution is -0.396. The maximum absolute atomic E-state index is 11.8. The minimum Gasteiger partial charge on any atom is -0.390 e. The van der Waals surface area contributed by atoms with Crippen LogP contribution >= 0.6 is 0 Å². The number of alkyl halides is 1. The summed E-state index contributed by atoms with van der Waals surface area (Å²) in [6, 6.07) is 0. The van der Waals surface area contributed by atoms with Gasteiger partial charge in [-0.2, -0.15) is 0 Å². The van der Waals surface area contributed by atoms with Crippen LogP contribution in [0, 0.1) is 10.1 Å². The summed E-state index contributed by atoms with van der Waals surface area (Å²) in [4.78, 5) is 13.9. The highest BCUT2D eigenvalue weighted by atomic mass is 18.2. The number of aryl methyl sites for hydroxylation is 1. The van der Waals surface area contributed by atoms with E-state index in [9.17, 15) is 14.5 Å². The second kappa shape index (κ2) is 12.0. The topological polar surface area (TPSA) is 119 Å². The van der Waals surface area contributed by atoms with Crippen molar-refractivity contribution in [3.8, 4) is 0 Å². The van der Waals surface area contributed by atoms with E-state index in [-0.39, 0.29) is 12.6 Å². The van der Waals surface area contributed by atoms with Gasteiger partial charge in [0.15, 0.2) is 0 Å².